The van der Waals surface area contributed by atoms with Crippen LogP contribution in [0.25, 0.3) is 0 Å². The smallest absolute Gasteiger partial charge is 0.170 e. The Kier molecular flexibility index (Phi) is 5.47. The number of hydrogen-bond donors (Lipinski definition) is 0. The van der Waals surface area contributed by atoms with Crippen LogP contribution in [-0.2, 0) is 7.05 Å². The number of nitrogens with zero attached hydrogens (tertiary/aromatic N) is 2. The molecule has 0 amide bonds. The Hall–Kier alpha value is -0.760. The monoisotopic (exact) mass is 200 g/mol. The molecule has 0 aliphatic heterocycles. The summed E-state index contributed by atoms with van der Waals surface area (Å²) in [6.07, 6.45) is 4.15. The van der Waals surface area contributed by atoms with Gasteiger partial charge in [0.25, 0.3) is 0 Å². The van der Waals surface area contributed by atoms with Crippen LogP contribution in [0.3, 0.4) is 0 Å². The zero-order chi connectivity index (χ0) is 8.97. The number of anilines is 1. The average molecular weight is 201 g/mol. The Bertz CT molecular complexity index is 229. The standard InChI is InChI=1S/C10H17N2.ClH/c1-4-12(5-2)10-6-8-11(3)9-7-10;/h6-9H,4-5H2,1-3H3;1H/q+1;/p-1. The molecule has 0 saturated heterocycles. The molecule has 1 aromatic heterocycles. The number of rotatable bonds is 3. The third-order valence-corrected chi connectivity index (χ3v) is 2.09. The summed E-state index contributed by atoms with van der Waals surface area (Å²) in [6, 6.07) is 4.29. The summed E-state index contributed by atoms with van der Waals surface area (Å²) in [4.78, 5) is 2.33. The fraction of sp³-hybridized carbons (Fsp3) is 0.500. The predicted octanol–water partition coefficient (Wildman–Crippen LogP) is -1.64. The summed E-state index contributed by atoms with van der Waals surface area (Å²) < 4.78 is 2.05. The highest BCUT2D eigenvalue weighted by Gasteiger charge is 2.01. The van der Waals surface area contributed by atoms with Crippen molar-refractivity contribution < 1.29 is 17.0 Å². The normalized spacial score (nSPS) is 9.15. The fourth-order valence-electron chi connectivity index (χ4n) is 1.29. The van der Waals surface area contributed by atoms with Crippen molar-refractivity contribution in [3.63, 3.8) is 0 Å². The van der Waals surface area contributed by atoms with E-state index in [1.807, 2.05) is 11.6 Å². The van der Waals surface area contributed by atoms with Gasteiger partial charge in [-0.1, -0.05) is 0 Å². The molecule has 0 bridgehead atoms. The van der Waals surface area contributed by atoms with Crippen LogP contribution in [0.1, 0.15) is 13.8 Å². The largest absolute Gasteiger partial charge is 1.00 e. The molecule has 0 atom stereocenters. The number of aromatic nitrogens is 1. The molecule has 0 radical (unpaired) electrons. The van der Waals surface area contributed by atoms with Crippen LogP contribution >= 0.6 is 0 Å². The highest BCUT2D eigenvalue weighted by atomic mass is 35.5. The number of halogens is 1. The van der Waals surface area contributed by atoms with Crippen LogP contribution in [-0.4, -0.2) is 13.1 Å². The van der Waals surface area contributed by atoms with E-state index in [9.17, 15) is 0 Å². The SMILES string of the molecule is CCN(CC)c1cc[n+](C)cc1.[Cl-]. The first-order chi connectivity index (χ1) is 5.77. The van der Waals surface area contributed by atoms with Gasteiger partial charge >= 0.3 is 0 Å². The predicted molar refractivity (Wildman–Crippen MR) is 51.2 cm³/mol. The van der Waals surface area contributed by atoms with E-state index in [2.05, 4.69) is 43.3 Å². The van der Waals surface area contributed by atoms with Crippen molar-refractivity contribution in [2.45, 2.75) is 13.8 Å². The maximum Gasteiger partial charge on any atom is 0.170 e. The maximum absolute atomic E-state index is 2.33. The van der Waals surface area contributed by atoms with Crippen LogP contribution in [0.2, 0.25) is 0 Å². The Morgan fingerprint density at radius 2 is 1.62 bits per heavy atom. The van der Waals surface area contributed by atoms with Crippen LogP contribution in [0.5, 0.6) is 0 Å². The number of hydrogen-bond acceptors (Lipinski definition) is 1. The molecule has 1 heterocycles. The minimum absolute atomic E-state index is 0. The molecule has 0 spiro atoms. The van der Waals surface area contributed by atoms with Gasteiger partial charge in [-0.05, 0) is 13.8 Å². The first-order valence-corrected chi connectivity index (χ1v) is 4.48. The molecule has 13 heavy (non-hydrogen) atoms. The second-order valence-corrected chi connectivity index (χ2v) is 2.89. The fourth-order valence-corrected chi connectivity index (χ4v) is 1.29. The van der Waals surface area contributed by atoms with Gasteiger partial charge in [0.15, 0.2) is 12.4 Å². The van der Waals surface area contributed by atoms with Crippen molar-refractivity contribution in [2.24, 2.45) is 7.05 Å². The molecule has 0 fully saturated rings. The van der Waals surface area contributed by atoms with Crippen molar-refractivity contribution in [2.75, 3.05) is 18.0 Å². The van der Waals surface area contributed by atoms with Gasteiger partial charge in [0, 0.05) is 30.9 Å². The molecule has 74 valence electrons. The summed E-state index contributed by atoms with van der Waals surface area (Å²) in [5.74, 6) is 0. The van der Waals surface area contributed by atoms with Gasteiger partial charge in [-0.2, -0.15) is 0 Å². The van der Waals surface area contributed by atoms with Gasteiger partial charge in [0.1, 0.15) is 7.05 Å². The Balaban J connectivity index is 0.00000144. The van der Waals surface area contributed by atoms with Gasteiger partial charge in [-0.25, -0.2) is 4.57 Å². The molecule has 3 heteroatoms. The Labute approximate surface area is 86.6 Å². The van der Waals surface area contributed by atoms with E-state index in [0.717, 1.165) is 13.1 Å². The highest BCUT2D eigenvalue weighted by molar-refractivity contribution is 5.43. The molecule has 0 aliphatic carbocycles. The van der Waals surface area contributed by atoms with Gasteiger partial charge < -0.3 is 17.3 Å². The minimum Gasteiger partial charge on any atom is -1.00 e. The lowest BCUT2D eigenvalue weighted by Gasteiger charge is -2.19. The van der Waals surface area contributed by atoms with Gasteiger partial charge in [0.05, 0.1) is 0 Å². The van der Waals surface area contributed by atoms with E-state index in [-0.39, 0.29) is 12.4 Å². The summed E-state index contributed by atoms with van der Waals surface area (Å²) in [6.45, 7) is 6.50. The molecule has 1 rings (SSSR count). The number of pyridine rings is 1. The topological polar surface area (TPSA) is 7.12 Å². The van der Waals surface area contributed by atoms with E-state index >= 15 is 0 Å². The van der Waals surface area contributed by atoms with Crippen molar-refractivity contribution in [1.29, 1.82) is 0 Å². The summed E-state index contributed by atoms with van der Waals surface area (Å²) in [7, 11) is 2.03. The van der Waals surface area contributed by atoms with Crippen LogP contribution < -0.4 is 21.9 Å². The molecule has 0 unspecified atom stereocenters. The second-order valence-electron chi connectivity index (χ2n) is 2.89. The van der Waals surface area contributed by atoms with E-state index in [1.165, 1.54) is 5.69 Å². The lowest BCUT2D eigenvalue weighted by atomic mass is 10.3. The molecule has 1 aromatic rings. The third kappa shape index (κ3) is 3.23. The van der Waals surface area contributed by atoms with Crippen molar-refractivity contribution in [3.8, 4) is 0 Å². The Morgan fingerprint density at radius 1 is 1.15 bits per heavy atom. The Morgan fingerprint density at radius 3 is 2.00 bits per heavy atom. The zero-order valence-corrected chi connectivity index (χ0v) is 9.25. The second kappa shape index (κ2) is 5.81. The minimum atomic E-state index is 0. The molecule has 2 nitrogen and oxygen atoms in total. The molecular weight excluding hydrogens is 184 g/mol. The molecule has 0 N–H and O–H groups in total. The van der Waals surface area contributed by atoms with Gasteiger partial charge in [0.2, 0.25) is 0 Å². The lowest BCUT2D eigenvalue weighted by Crippen LogP contribution is -3.00. The van der Waals surface area contributed by atoms with Crippen LogP contribution in [0, 0.1) is 0 Å². The van der Waals surface area contributed by atoms with Gasteiger partial charge in [-0.3, -0.25) is 0 Å². The average Bonchev–Trinajstić information content (AvgIpc) is 2.10. The van der Waals surface area contributed by atoms with Crippen LogP contribution in [0.4, 0.5) is 5.69 Å². The van der Waals surface area contributed by atoms with E-state index < -0.39 is 0 Å². The summed E-state index contributed by atoms with van der Waals surface area (Å²) in [5.41, 5.74) is 1.30. The maximum atomic E-state index is 2.33. The third-order valence-electron chi connectivity index (χ3n) is 2.09. The quantitative estimate of drug-likeness (QED) is 0.532. The first kappa shape index (κ1) is 12.2. The summed E-state index contributed by atoms with van der Waals surface area (Å²) >= 11 is 0. The molecule has 0 aliphatic rings. The highest BCUT2D eigenvalue weighted by Crippen LogP contribution is 2.09. The lowest BCUT2D eigenvalue weighted by molar-refractivity contribution is -0.671. The molecule has 0 saturated carbocycles. The zero-order valence-electron chi connectivity index (χ0n) is 8.50. The van der Waals surface area contributed by atoms with E-state index in [1.54, 1.807) is 0 Å². The van der Waals surface area contributed by atoms with Crippen LogP contribution in [0.15, 0.2) is 24.5 Å². The summed E-state index contributed by atoms with van der Waals surface area (Å²) in [5, 5.41) is 0. The van der Waals surface area contributed by atoms with Crippen molar-refractivity contribution in [3.05, 3.63) is 24.5 Å². The number of aryl methyl sites for hydroxylation is 1. The van der Waals surface area contributed by atoms with Gasteiger partial charge in [-0.15, -0.1) is 0 Å². The van der Waals surface area contributed by atoms with E-state index in [4.69, 9.17) is 0 Å². The first-order valence-electron chi connectivity index (χ1n) is 4.48. The molecule has 0 aromatic carbocycles. The van der Waals surface area contributed by atoms with E-state index in [0.29, 0.717) is 0 Å². The van der Waals surface area contributed by atoms with Crippen molar-refractivity contribution in [1.82, 2.24) is 0 Å². The molecular formula is C10H17ClN2. The van der Waals surface area contributed by atoms with Crippen molar-refractivity contribution >= 4 is 5.69 Å².